The Morgan fingerprint density at radius 3 is 2.32 bits per heavy atom. The van der Waals surface area contributed by atoms with Crippen molar-refractivity contribution >= 4 is 0 Å². The fourth-order valence-electron chi connectivity index (χ4n) is 2.64. The van der Waals surface area contributed by atoms with Crippen LogP contribution in [0.5, 0.6) is 0 Å². The molecule has 1 saturated heterocycles. The van der Waals surface area contributed by atoms with Gasteiger partial charge in [0.05, 0.1) is 12.7 Å². The lowest BCUT2D eigenvalue weighted by Gasteiger charge is -2.32. The molecule has 2 atom stereocenters. The van der Waals surface area contributed by atoms with Crippen LogP contribution in [0.3, 0.4) is 0 Å². The zero-order valence-electron chi connectivity index (χ0n) is 10.9. The van der Waals surface area contributed by atoms with Crippen LogP contribution in [0.25, 0.3) is 0 Å². The molecule has 0 bridgehead atoms. The van der Waals surface area contributed by atoms with E-state index >= 15 is 0 Å². The molecule has 0 saturated carbocycles. The minimum absolute atomic E-state index is 0.134. The standard InChI is InChI=1S/C17H18O2/c1-3-7-14(8-4-1)11-16-12-18-13-19-17(16)15-9-5-2-6-10-15/h1-10,16-17H,11-13H2/t16-,17+/m1/s1. The van der Waals surface area contributed by atoms with Gasteiger partial charge in [0.25, 0.3) is 0 Å². The van der Waals surface area contributed by atoms with Crippen molar-refractivity contribution < 1.29 is 9.47 Å². The number of benzene rings is 2. The molecule has 3 rings (SSSR count). The fourth-order valence-corrected chi connectivity index (χ4v) is 2.64. The Labute approximate surface area is 114 Å². The molecule has 0 radical (unpaired) electrons. The summed E-state index contributed by atoms with van der Waals surface area (Å²) < 4.78 is 11.3. The van der Waals surface area contributed by atoms with Crippen LogP contribution in [0.4, 0.5) is 0 Å². The Bertz CT molecular complexity index is 495. The van der Waals surface area contributed by atoms with Crippen molar-refractivity contribution in [2.45, 2.75) is 12.5 Å². The largest absolute Gasteiger partial charge is 0.355 e. The lowest BCUT2D eigenvalue weighted by atomic mass is 9.90. The predicted octanol–water partition coefficient (Wildman–Crippen LogP) is 3.59. The predicted molar refractivity (Wildman–Crippen MR) is 74.7 cm³/mol. The second-order valence-corrected chi connectivity index (χ2v) is 4.94. The smallest absolute Gasteiger partial charge is 0.147 e. The van der Waals surface area contributed by atoms with Gasteiger partial charge in [-0.25, -0.2) is 0 Å². The van der Waals surface area contributed by atoms with Crippen LogP contribution in [-0.2, 0) is 15.9 Å². The summed E-state index contributed by atoms with van der Waals surface area (Å²) in [5, 5.41) is 0. The first-order valence-corrected chi connectivity index (χ1v) is 6.72. The second-order valence-electron chi connectivity index (χ2n) is 4.94. The Kier molecular flexibility index (Phi) is 3.92. The molecule has 2 aromatic carbocycles. The van der Waals surface area contributed by atoms with E-state index in [9.17, 15) is 0 Å². The highest BCUT2D eigenvalue weighted by Crippen LogP contribution is 2.32. The molecule has 0 N–H and O–H groups in total. The maximum Gasteiger partial charge on any atom is 0.147 e. The zero-order chi connectivity index (χ0) is 12.9. The Morgan fingerprint density at radius 2 is 1.58 bits per heavy atom. The summed E-state index contributed by atoms with van der Waals surface area (Å²) in [4.78, 5) is 0. The highest BCUT2D eigenvalue weighted by atomic mass is 16.7. The normalized spacial score (nSPS) is 23.2. The molecule has 98 valence electrons. The lowest BCUT2D eigenvalue weighted by molar-refractivity contribution is -0.172. The molecular weight excluding hydrogens is 236 g/mol. The number of ether oxygens (including phenoxy) is 2. The lowest BCUT2D eigenvalue weighted by Crippen LogP contribution is -2.29. The van der Waals surface area contributed by atoms with Crippen molar-refractivity contribution in [3.63, 3.8) is 0 Å². The van der Waals surface area contributed by atoms with Gasteiger partial charge in [0.1, 0.15) is 6.79 Å². The van der Waals surface area contributed by atoms with Crippen LogP contribution in [0.1, 0.15) is 17.2 Å². The average Bonchev–Trinajstić information content (AvgIpc) is 2.50. The van der Waals surface area contributed by atoms with Crippen LogP contribution in [-0.4, -0.2) is 13.4 Å². The zero-order valence-corrected chi connectivity index (χ0v) is 10.9. The average molecular weight is 254 g/mol. The first-order valence-electron chi connectivity index (χ1n) is 6.72. The molecule has 1 aliphatic heterocycles. The van der Waals surface area contributed by atoms with E-state index in [4.69, 9.17) is 9.47 Å². The monoisotopic (exact) mass is 254 g/mol. The van der Waals surface area contributed by atoms with Crippen molar-refractivity contribution in [2.75, 3.05) is 13.4 Å². The first-order chi connectivity index (χ1) is 9.43. The van der Waals surface area contributed by atoms with Gasteiger partial charge in [-0.05, 0) is 17.5 Å². The van der Waals surface area contributed by atoms with Gasteiger partial charge in [-0.2, -0.15) is 0 Å². The maximum atomic E-state index is 5.83. The van der Waals surface area contributed by atoms with E-state index in [2.05, 4.69) is 48.5 Å². The summed E-state index contributed by atoms with van der Waals surface area (Å²) in [6, 6.07) is 21.0. The number of hydrogen-bond acceptors (Lipinski definition) is 2. The molecule has 0 unspecified atom stereocenters. The van der Waals surface area contributed by atoms with Gasteiger partial charge in [0, 0.05) is 5.92 Å². The van der Waals surface area contributed by atoms with Gasteiger partial charge in [0.2, 0.25) is 0 Å². The van der Waals surface area contributed by atoms with Crippen molar-refractivity contribution in [3.05, 3.63) is 71.8 Å². The minimum atomic E-state index is 0.134. The minimum Gasteiger partial charge on any atom is -0.355 e. The second kappa shape index (κ2) is 6.00. The summed E-state index contributed by atoms with van der Waals surface area (Å²) >= 11 is 0. The van der Waals surface area contributed by atoms with Gasteiger partial charge in [-0.1, -0.05) is 60.7 Å². The summed E-state index contributed by atoms with van der Waals surface area (Å²) in [7, 11) is 0. The van der Waals surface area contributed by atoms with Crippen LogP contribution < -0.4 is 0 Å². The van der Waals surface area contributed by atoms with Gasteiger partial charge in [0.15, 0.2) is 0 Å². The molecule has 0 aromatic heterocycles. The van der Waals surface area contributed by atoms with E-state index < -0.39 is 0 Å². The van der Waals surface area contributed by atoms with E-state index in [0.717, 1.165) is 13.0 Å². The Hall–Kier alpha value is -1.64. The SMILES string of the molecule is c1ccc(C[C@@H]2COCO[C@H]2c2ccccc2)cc1. The van der Waals surface area contributed by atoms with Crippen LogP contribution in [0.2, 0.25) is 0 Å². The molecule has 1 fully saturated rings. The van der Waals surface area contributed by atoms with Crippen LogP contribution in [0.15, 0.2) is 60.7 Å². The third-order valence-electron chi connectivity index (χ3n) is 3.56. The Balaban J connectivity index is 1.78. The molecule has 0 amide bonds. The summed E-state index contributed by atoms with van der Waals surface area (Å²) in [5.74, 6) is 0.374. The van der Waals surface area contributed by atoms with Crippen molar-refractivity contribution in [1.82, 2.24) is 0 Å². The van der Waals surface area contributed by atoms with Crippen molar-refractivity contribution in [2.24, 2.45) is 5.92 Å². The van der Waals surface area contributed by atoms with Gasteiger partial charge < -0.3 is 9.47 Å². The maximum absolute atomic E-state index is 5.83. The fraction of sp³-hybridized carbons (Fsp3) is 0.294. The molecule has 0 spiro atoms. The molecule has 2 aromatic rings. The number of hydrogen-bond donors (Lipinski definition) is 0. The molecule has 2 nitrogen and oxygen atoms in total. The molecule has 19 heavy (non-hydrogen) atoms. The third-order valence-corrected chi connectivity index (χ3v) is 3.56. The first kappa shape index (κ1) is 12.4. The highest BCUT2D eigenvalue weighted by Gasteiger charge is 2.28. The van der Waals surface area contributed by atoms with Gasteiger partial charge in [-0.15, -0.1) is 0 Å². The molecule has 2 heteroatoms. The highest BCUT2D eigenvalue weighted by molar-refractivity contribution is 5.21. The summed E-state index contributed by atoms with van der Waals surface area (Å²) in [6.45, 7) is 1.15. The molecule has 1 aliphatic rings. The summed E-state index contributed by atoms with van der Waals surface area (Å²) in [5.41, 5.74) is 2.58. The van der Waals surface area contributed by atoms with E-state index in [1.807, 2.05) is 12.1 Å². The molecule has 1 heterocycles. The van der Waals surface area contributed by atoms with E-state index in [1.54, 1.807) is 0 Å². The van der Waals surface area contributed by atoms with Crippen molar-refractivity contribution in [1.29, 1.82) is 0 Å². The third kappa shape index (κ3) is 3.03. The van der Waals surface area contributed by atoms with Gasteiger partial charge >= 0.3 is 0 Å². The Morgan fingerprint density at radius 1 is 0.895 bits per heavy atom. The molecular formula is C17H18O2. The summed E-state index contributed by atoms with van der Waals surface area (Å²) in [6.07, 6.45) is 1.12. The van der Waals surface area contributed by atoms with Gasteiger partial charge in [-0.3, -0.25) is 0 Å². The molecule has 0 aliphatic carbocycles. The quantitative estimate of drug-likeness (QED) is 0.833. The van der Waals surface area contributed by atoms with Crippen LogP contribution in [0, 0.1) is 5.92 Å². The van der Waals surface area contributed by atoms with E-state index in [-0.39, 0.29) is 6.10 Å². The van der Waals surface area contributed by atoms with E-state index in [0.29, 0.717) is 12.7 Å². The number of rotatable bonds is 3. The van der Waals surface area contributed by atoms with Crippen molar-refractivity contribution in [3.8, 4) is 0 Å². The topological polar surface area (TPSA) is 18.5 Å². The van der Waals surface area contributed by atoms with Crippen LogP contribution >= 0.6 is 0 Å². The van der Waals surface area contributed by atoms with E-state index in [1.165, 1.54) is 11.1 Å².